The van der Waals surface area contributed by atoms with Crippen LogP contribution in [-0.2, 0) is 15.8 Å². The van der Waals surface area contributed by atoms with Crippen LogP contribution < -0.4 is 15.5 Å². The van der Waals surface area contributed by atoms with Crippen LogP contribution in [0.3, 0.4) is 0 Å². The van der Waals surface area contributed by atoms with Crippen molar-refractivity contribution in [1.29, 1.82) is 0 Å². The smallest absolute Gasteiger partial charge is 0.367 e. The van der Waals surface area contributed by atoms with Crippen molar-refractivity contribution in [3.63, 3.8) is 0 Å². The summed E-state index contributed by atoms with van der Waals surface area (Å²) in [6.07, 6.45) is -1.39. The van der Waals surface area contributed by atoms with Gasteiger partial charge in [-0.2, -0.15) is 13.2 Å². The van der Waals surface area contributed by atoms with E-state index in [-0.39, 0.29) is 22.3 Å². The van der Waals surface area contributed by atoms with Crippen LogP contribution in [0, 0.1) is 5.92 Å². The van der Waals surface area contributed by atoms with Crippen LogP contribution in [0.5, 0.6) is 0 Å². The fourth-order valence-corrected chi connectivity index (χ4v) is 4.86. The predicted molar refractivity (Wildman–Crippen MR) is 115 cm³/mol. The minimum atomic E-state index is -4.54. The minimum absolute atomic E-state index is 0.0305. The third-order valence-electron chi connectivity index (χ3n) is 5.86. The number of nitrogens with zero attached hydrogens (tertiary/aromatic N) is 2. The van der Waals surface area contributed by atoms with Crippen LogP contribution in [0.15, 0.2) is 23.1 Å². The SMILES string of the molecule is O=C1NC(=O)/C(=C/c2cc(C(F)(F)F)ccc2N2CCN(C(=O)C3CCCNC3)CC2)S1. The first-order valence-corrected chi connectivity index (χ1v) is 11.2. The van der Waals surface area contributed by atoms with E-state index in [0.717, 1.165) is 31.5 Å². The third kappa shape index (κ3) is 4.93. The van der Waals surface area contributed by atoms with Gasteiger partial charge < -0.3 is 15.1 Å². The highest BCUT2D eigenvalue weighted by molar-refractivity contribution is 8.18. The van der Waals surface area contributed by atoms with E-state index in [4.69, 9.17) is 0 Å². The lowest BCUT2D eigenvalue weighted by molar-refractivity contribution is -0.138. The second-order valence-corrected chi connectivity index (χ2v) is 8.99. The van der Waals surface area contributed by atoms with Gasteiger partial charge in [0.1, 0.15) is 0 Å². The molecule has 3 fully saturated rings. The van der Waals surface area contributed by atoms with Gasteiger partial charge in [0, 0.05) is 38.4 Å². The molecule has 0 spiro atoms. The van der Waals surface area contributed by atoms with Crippen LogP contribution in [0.25, 0.3) is 6.08 Å². The summed E-state index contributed by atoms with van der Waals surface area (Å²) < 4.78 is 39.9. The molecule has 0 bridgehead atoms. The van der Waals surface area contributed by atoms with Gasteiger partial charge >= 0.3 is 6.18 Å². The van der Waals surface area contributed by atoms with Crippen molar-refractivity contribution in [2.24, 2.45) is 5.92 Å². The van der Waals surface area contributed by atoms with E-state index in [9.17, 15) is 27.6 Å². The number of nitrogens with one attached hydrogen (secondary N) is 2. The van der Waals surface area contributed by atoms with Gasteiger partial charge in [-0.25, -0.2) is 0 Å². The zero-order chi connectivity index (χ0) is 22.9. The Morgan fingerprint density at radius 2 is 1.91 bits per heavy atom. The molecule has 3 aliphatic rings. The monoisotopic (exact) mass is 468 g/mol. The van der Waals surface area contributed by atoms with E-state index < -0.39 is 22.9 Å². The number of piperazine rings is 1. The molecule has 0 aromatic heterocycles. The molecule has 7 nitrogen and oxygen atoms in total. The lowest BCUT2D eigenvalue weighted by Gasteiger charge is -2.39. The number of carbonyl (C=O) groups excluding carboxylic acids is 3. The number of hydrogen-bond acceptors (Lipinski definition) is 6. The molecule has 172 valence electrons. The molecule has 1 atom stereocenters. The number of anilines is 1. The molecule has 0 aliphatic carbocycles. The van der Waals surface area contributed by atoms with Crippen LogP contribution >= 0.6 is 11.8 Å². The van der Waals surface area contributed by atoms with Gasteiger partial charge in [0.05, 0.1) is 16.4 Å². The number of amides is 3. The van der Waals surface area contributed by atoms with E-state index in [2.05, 4.69) is 10.6 Å². The van der Waals surface area contributed by atoms with Gasteiger partial charge in [-0.3, -0.25) is 19.7 Å². The van der Waals surface area contributed by atoms with Gasteiger partial charge in [-0.15, -0.1) is 0 Å². The molecule has 2 N–H and O–H groups in total. The summed E-state index contributed by atoms with van der Waals surface area (Å²) in [6, 6.07) is 3.39. The maximum absolute atomic E-state index is 13.3. The molecule has 1 unspecified atom stereocenters. The summed E-state index contributed by atoms with van der Waals surface area (Å²) in [5, 5.41) is 4.80. The lowest BCUT2D eigenvalue weighted by atomic mass is 9.97. The van der Waals surface area contributed by atoms with E-state index in [1.807, 2.05) is 9.80 Å². The van der Waals surface area contributed by atoms with Gasteiger partial charge in [-0.1, -0.05) is 0 Å². The largest absolute Gasteiger partial charge is 0.416 e. The Morgan fingerprint density at radius 3 is 2.50 bits per heavy atom. The molecule has 3 saturated heterocycles. The van der Waals surface area contributed by atoms with E-state index in [1.54, 1.807) is 0 Å². The van der Waals surface area contributed by atoms with Crippen LogP contribution in [-0.4, -0.2) is 61.2 Å². The van der Waals surface area contributed by atoms with Crippen molar-refractivity contribution in [1.82, 2.24) is 15.5 Å². The average Bonchev–Trinajstić information content (AvgIpc) is 3.10. The summed E-state index contributed by atoms with van der Waals surface area (Å²) in [5.41, 5.74) is -0.0884. The number of piperidine rings is 1. The molecule has 1 aromatic rings. The molecule has 11 heteroatoms. The molecule has 1 aromatic carbocycles. The summed E-state index contributed by atoms with van der Waals surface area (Å²) in [4.78, 5) is 39.9. The summed E-state index contributed by atoms with van der Waals surface area (Å²) in [6.45, 7) is 3.47. The number of rotatable bonds is 3. The van der Waals surface area contributed by atoms with Gasteiger partial charge in [0.25, 0.3) is 11.1 Å². The first kappa shape index (κ1) is 22.7. The topological polar surface area (TPSA) is 81.8 Å². The quantitative estimate of drug-likeness (QED) is 0.664. The first-order chi connectivity index (χ1) is 15.2. The summed E-state index contributed by atoms with van der Waals surface area (Å²) in [5.74, 6) is -0.541. The fraction of sp³-hybridized carbons (Fsp3) is 0.476. The number of thioether (sulfide) groups is 1. The highest BCUT2D eigenvalue weighted by Gasteiger charge is 2.33. The number of halogens is 3. The van der Waals surface area contributed by atoms with Crippen molar-refractivity contribution in [3.05, 3.63) is 34.2 Å². The number of alkyl halides is 3. The molecule has 4 rings (SSSR count). The predicted octanol–water partition coefficient (Wildman–Crippen LogP) is 2.68. The van der Waals surface area contributed by atoms with Crippen LogP contribution in [0.2, 0.25) is 0 Å². The van der Waals surface area contributed by atoms with Crippen LogP contribution in [0.4, 0.5) is 23.7 Å². The summed E-state index contributed by atoms with van der Waals surface area (Å²) in [7, 11) is 0. The zero-order valence-electron chi connectivity index (χ0n) is 17.2. The minimum Gasteiger partial charge on any atom is -0.367 e. The number of imide groups is 1. The molecule has 3 amide bonds. The molecule has 3 aliphatic heterocycles. The molecular formula is C21H23F3N4O3S. The Labute approximate surface area is 187 Å². The van der Waals surface area contributed by atoms with Crippen molar-refractivity contribution in [2.45, 2.75) is 19.0 Å². The number of benzene rings is 1. The zero-order valence-corrected chi connectivity index (χ0v) is 18.0. The van der Waals surface area contributed by atoms with Crippen molar-refractivity contribution >= 4 is 40.6 Å². The molecule has 0 radical (unpaired) electrons. The van der Waals surface area contributed by atoms with E-state index in [0.29, 0.717) is 50.2 Å². The normalized spacial score (nSPS) is 23.6. The lowest BCUT2D eigenvalue weighted by Crippen LogP contribution is -2.52. The molecule has 3 heterocycles. The second kappa shape index (κ2) is 9.14. The highest BCUT2D eigenvalue weighted by atomic mass is 32.2. The second-order valence-electron chi connectivity index (χ2n) is 7.98. The first-order valence-electron chi connectivity index (χ1n) is 10.4. The van der Waals surface area contributed by atoms with Gasteiger partial charge in [0.2, 0.25) is 5.91 Å². The maximum Gasteiger partial charge on any atom is 0.416 e. The van der Waals surface area contributed by atoms with E-state index in [1.165, 1.54) is 12.1 Å². The summed E-state index contributed by atoms with van der Waals surface area (Å²) >= 11 is 0.660. The standard InChI is InChI=1S/C21H23F3N4O3S/c22-21(23,24)15-3-4-16(14(10-15)11-17-18(29)26-20(31)32-17)27-6-8-28(9-7-27)19(30)13-2-1-5-25-12-13/h3-4,10-11,13,25H,1-2,5-9,12H2,(H,26,29,31)/b17-11-. The Bertz CT molecular complexity index is 952. The third-order valence-corrected chi connectivity index (χ3v) is 6.67. The fourth-order valence-electron chi connectivity index (χ4n) is 4.19. The Hall–Kier alpha value is -2.53. The number of hydrogen-bond donors (Lipinski definition) is 2. The van der Waals surface area contributed by atoms with Gasteiger partial charge in [-0.05, 0) is 61.0 Å². The maximum atomic E-state index is 13.3. The average molecular weight is 469 g/mol. The Kier molecular flexibility index (Phi) is 6.47. The van der Waals surface area contributed by atoms with Gasteiger partial charge in [0.15, 0.2) is 0 Å². The highest BCUT2D eigenvalue weighted by Crippen LogP contribution is 2.36. The molecule has 0 saturated carbocycles. The van der Waals surface area contributed by atoms with Crippen molar-refractivity contribution in [3.8, 4) is 0 Å². The Morgan fingerprint density at radius 1 is 1.16 bits per heavy atom. The molecular weight excluding hydrogens is 445 g/mol. The molecule has 32 heavy (non-hydrogen) atoms. The van der Waals surface area contributed by atoms with Crippen molar-refractivity contribution < 1.29 is 27.6 Å². The van der Waals surface area contributed by atoms with Crippen LogP contribution in [0.1, 0.15) is 24.0 Å². The van der Waals surface area contributed by atoms with Crippen molar-refractivity contribution in [2.75, 3.05) is 44.2 Å². The Balaban J connectivity index is 1.54. The van der Waals surface area contributed by atoms with E-state index >= 15 is 0 Å². The number of carbonyl (C=O) groups is 3.